The predicted octanol–water partition coefficient (Wildman–Crippen LogP) is 2.32. The Morgan fingerprint density at radius 3 is 1.88 bits per heavy atom. The first-order valence-corrected chi connectivity index (χ1v) is 8.90. The highest BCUT2D eigenvalue weighted by Crippen LogP contribution is 2.22. The van der Waals surface area contributed by atoms with Crippen LogP contribution in [0.15, 0.2) is 53.4 Å². The molecule has 0 bridgehead atoms. The van der Waals surface area contributed by atoms with Crippen molar-refractivity contribution in [3.05, 3.63) is 48.5 Å². The smallest absolute Gasteiger partial charge is 0.322 e. The molecule has 0 spiro atoms. The number of nitrogen functional groups attached to an aromatic ring is 1. The van der Waals surface area contributed by atoms with E-state index in [1.54, 1.807) is 38.1 Å². The van der Waals surface area contributed by atoms with Crippen LogP contribution in [0, 0.1) is 5.92 Å². The fourth-order valence-corrected chi connectivity index (χ4v) is 3.55. The summed E-state index contributed by atoms with van der Waals surface area (Å²) >= 11 is 0. The highest BCUT2D eigenvalue weighted by Gasteiger charge is 2.27. The zero-order chi connectivity index (χ0) is 17.9. The van der Waals surface area contributed by atoms with Gasteiger partial charge in [0.1, 0.15) is 6.04 Å². The lowest BCUT2D eigenvalue weighted by atomic mass is 10.1. The van der Waals surface area contributed by atoms with Crippen LogP contribution in [0.5, 0.6) is 0 Å². The molecular formula is C17H20N2O4S. The molecule has 0 aliphatic heterocycles. The number of carboxylic acid groups (broad SMARTS) is 1. The number of carboxylic acids is 1. The van der Waals surface area contributed by atoms with E-state index in [1.165, 1.54) is 12.1 Å². The molecule has 2 rings (SSSR count). The van der Waals surface area contributed by atoms with E-state index in [0.29, 0.717) is 5.69 Å². The van der Waals surface area contributed by atoms with Crippen molar-refractivity contribution in [2.45, 2.75) is 24.8 Å². The summed E-state index contributed by atoms with van der Waals surface area (Å²) in [6.07, 6.45) is 0. The third-order valence-corrected chi connectivity index (χ3v) is 5.08. The van der Waals surface area contributed by atoms with Crippen molar-refractivity contribution in [1.82, 2.24) is 4.72 Å². The predicted molar refractivity (Wildman–Crippen MR) is 92.9 cm³/mol. The standard InChI is InChI=1S/C17H20N2O4S/c1-11(2)16(17(20)21)19-24(22,23)15-9-5-13(6-10-15)12-3-7-14(18)8-4-12/h3-11,16,19H,18H2,1-2H3,(H,20,21). The number of hydrogen-bond acceptors (Lipinski definition) is 4. The van der Waals surface area contributed by atoms with E-state index in [1.807, 2.05) is 12.1 Å². The molecule has 0 saturated carbocycles. The second kappa shape index (κ2) is 7.02. The third kappa shape index (κ3) is 4.12. The zero-order valence-corrected chi connectivity index (χ0v) is 14.2. The number of nitrogens with two attached hydrogens (primary N) is 1. The Kier molecular flexibility index (Phi) is 5.26. The van der Waals surface area contributed by atoms with Crippen LogP contribution in [-0.4, -0.2) is 25.5 Å². The van der Waals surface area contributed by atoms with Gasteiger partial charge in [-0.25, -0.2) is 8.42 Å². The number of carbonyl (C=O) groups is 1. The van der Waals surface area contributed by atoms with Gasteiger partial charge >= 0.3 is 5.97 Å². The number of sulfonamides is 1. The van der Waals surface area contributed by atoms with E-state index in [9.17, 15) is 13.2 Å². The van der Waals surface area contributed by atoms with Gasteiger partial charge in [0, 0.05) is 5.69 Å². The molecule has 7 heteroatoms. The topological polar surface area (TPSA) is 109 Å². The second-order valence-electron chi connectivity index (χ2n) is 5.83. The Bertz CT molecular complexity index is 813. The van der Waals surface area contributed by atoms with Gasteiger partial charge in [0.05, 0.1) is 4.90 Å². The van der Waals surface area contributed by atoms with Crippen LogP contribution in [0.25, 0.3) is 11.1 Å². The molecule has 0 heterocycles. The molecule has 0 aromatic heterocycles. The molecule has 0 aliphatic rings. The average Bonchev–Trinajstić information content (AvgIpc) is 2.53. The first kappa shape index (κ1) is 18.0. The van der Waals surface area contributed by atoms with E-state index < -0.39 is 22.0 Å². The highest BCUT2D eigenvalue weighted by molar-refractivity contribution is 7.89. The maximum Gasteiger partial charge on any atom is 0.322 e. The summed E-state index contributed by atoms with van der Waals surface area (Å²) < 4.78 is 26.9. The fourth-order valence-electron chi connectivity index (χ4n) is 2.21. The number of rotatable bonds is 6. The van der Waals surface area contributed by atoms with Crippen LogP contribution in [0.1, 0.15) is 13.8 Å². The monoisotopic (exact) mass is 348 g/mol. The summed E-state index contributed by atoms with van der Waals surface area (Å²) in [5, 5.41) is 9.13. The number of nitrogens with one attached hydrogen (secondary N) is 1. The molecule has 0 saturated heterocycles. The maximum atomic E-state index is 12.4. The largest absolute Gasteiger partial charge is 0.480 e. The average molecular weight is 348 g/mol. The molecule has 0 radical (unpaired) electrons. The molecule has 2 aromatic rings. The van der Waals surface area contributed by atoms with Crippen LogP contribution in [0.4, 0.5) is 5.69 Å². The van der Waals surface area contributed by atoms with E-state index in [-0.39, 0.29) is 10.8 Å². The molecule has 6 nitrogen and oxygen atoms in total. The van der Waals surface area contributed by atoms with Crippen LogP contribution in [0.3, 0.4) is 0 Å². The van der Waals surface area contributed by atoms with Crippen molar-refractivity contribution >= 4 is 21.7 Å². The Morgan fingerprint density at radius 1 is 1.00 bits per heavy atom. The van der Waals surface area contributed by atoms with Crippen molar-refractivity contribution < 1.29 is 18.3 Å². The lowest BCUT2D eigenvalue weighted by Gasteiger charge is -2.18. The van der Waals surface area contributed by atoms with Gasteiger partial charge in [-0.15, -0.1) is 0 Å². The van der Waals surface area contributed by atoms with Crippen molar-refractivity contribution in [1.29, 1.82) is 0 Å². The van der Waals surface area contributed by atoms with Gasteiger partial charge in [0.25, 0.3) is 0 Å². The minimum absolute atomic E-state index is 0.0218. The van der Waals surface area contributed by atoms with E-state index in [0.717, 1.165) is 11.1 Å². The van der Waals surface area contributed by atoms with Gasteiger partial charge in [-0.2, -0.15) is 4.72 Å². The number of anilines is 1. The van der Waals surface area contributed by atoms with Crippen molar-refractivity contribution in [3.8, 4) is 11.1 Å². The molecular weight excluding hydrogens is 328 g/mol. The second-order valence-corrected chi connectivity index (χ2v) is 7.54. The highest BCUT2D eigenvalue weighted by atomic mass is 32.2. The summed E-state index contributed by atoms with van der Waals surface area (Å²) in [6, 6.07) is 12.3. The number of benzene rings is 2. The molecule has 0 fully saturated rings. The summed E-state index contributed by atoms with van der Waals surface area (Å²) in [5.74, 6) is -1.57. The Morgan fingerprint density at radius 2 is 1.46 bits per heavy atom. The molecule has 2 aromatic carbocycles. The minimum Gasteiger partial charge on any atom is -0.480 e. The number of aliphatic carboxylic acids is 1. The van der Waals surface area contributed by atoms with Crippen molar-refractivity contribution in [2.75, 3.05) is 5.73 Å². The molecule has 0 aliphatic carbocycles. The lowest BCUT2D eigenvalue weighted by molar-refractivity contribution is -0.140. The first-order valence-electron chi connectivity index (χ1n) is 7.42. The molecule has 1 atom stereocenters. The van der Waals surface area contributed by atoms with Crippen LogP contribution < -0.4 is 10.5 Å². The maximum absolute atomic E-state index is 12.4. The molecule has 4 N–H and O–H groups in total. The van der Waals surface area contributed by atoms with Gasteiger partial charge < -0.3 is 10.8 Å². The van der Waals surface area contributed by atoms with Crippen molar-refractivity contribution in [3.63, 3.8) is 0 Å². The summed E-state index contributed by atoms with van der Waals surface area (Å²) in [6.45, 7) is 3.29. The molecule has 0 amide bonds. The summed E-state index contributed by atoms with van der Waals surface area (Å²) in [5.41, 5.74) is 8.04. The van der Waals surface area contributed by atoms with Crippen LogP contribution >= 0.6 is 0 Å². The van der Waals surface area contributed by atoms with Gasteiger partial charge in [0.15, 0.2) is 0 Å². The van der Waals surface area contributed by atoms with Gasteiger partial charge in [0.2, 0.25) is 10.0 Å². The van der Waals surface area contributed by atoms with Gasteiger partial charge in [-0.1, -0.05) is 38.1 Å². The lowest BCUT2D eigenvalue weighted by Crippen LogP contribution is -2.44. The SMILES string of the molecule is CC(C)C(NS(=O)(=O)c1ccc(-c2ccc(N)cc2)cc1)C(=O)O. The minimum atomic E-state index is -3.91. The third-order valence-electron chi connectivity index (χ3n) is 3.62. The van der Waals surface area contributed by atoms with Gasteiger partial charge in [-0.3, -0.25) is 4.79 Å². The van der Waals surface area contributed by atoms with E-state index in [2.05, 4.69) is 4.72 Å². The Hall–Kier alpha value is -2.38. The molecule has 24 heavy (non-hydrogen) atoms. The quantitative estimate of drug-likeness (QED) is 0.694. The van der Waals surface area contributed by atoms with Crippen LogP contribution in [-0.2, 0) is 14.8 Å². The Labute approximate surface area is 141 Å². The molecule has 128 valence electrons. The first-order chi connectivity index (χ1) is 11.2. The zero-order valence-electron chi connectivity index (χ0n) is 13.4. The normalized spacial score (nSPS) is 13.0. The summed E-state index contributed by atoms with van der Waals surface area (Å²) in [4.78, 5) is 11.2. The van der Waals surface area contributed by atoms with E-state index >= 15 is 0 Å². The number of hydrogen-bond donors (Lipinski definition) is 3. The Balaban J connectivity index is 2.26. The van der Waals surface area contributed by atoms with Crippen LogP contribution in [0.2, 0.25) is 0 Å². The fraction of sp³-hybridized carbons (Fsp3) is 0.235. The van der Waals surface area contributed by atoms with Gasteiger partial charge in [-0.05, 0) is 41.3 Å². The molecule has 1 unspecified atom stereocenters. The summed E-state index contributed by atoms with van der Waals surface area (Å²) in [7, 11) is -3.91. The van der Waals surface area contributed by atoms with Crippen molar-refractivity contribution in [2.24, 2.45) is 5.92 Å². The van der Waals surface area contributed by atoms with E-state index in [4.69, 9.17) is 10.8 Å².